The molecule has 152 valence electrons. The zero-order chi connectivity index (χ0) is 19.8. The van der Waals surface area contributed by atoms with Gasteiger partial charge in [-0.2, -0.15) is 0 Å². The summed E-state index contributed by atoms with van der Waals surface area (Å²) in [7, 11) is 0. The summed E-state index contributed by atoms with van der Waals surface area (Å²) in [6.45, 7) is 4.01. The quantitative estimate of drug-likeness (QED) is 0.534. The SMILES string of the molecule is CCOCCCNC(=O)CN1C(=O)/C(=C/c2ccccc2)SC2CCCCC21. The molecule has 1 saturated carbocycles. The monoisotopic (exact) mass is 402 g/mol. The zero-order valence-corrected chi connectivity index (χ0v) is 17.4. The van der Waals surface area contributed by atoms with Gasteiger partial charge in [-0.3, -0.25) is 9.59 Å². The van der Waals surface area contributed by atoms with Gasteiger partial charge in [-0.1, -0.05) is 43.2 Å². The van der Waals surface area contributed by atoms with Crippen molar-refractivity contribution in [2.24, 2.45) is 0 Å². The lowest BCUT2D eigenvalue weighted by Gasteiger charge is -2.43. The largest absolute Gasteiger partial charge is 0.382 e. The molecule has 1 aliphatic heterocycles. The van der Waals surface area contributed by atoms with Crippen LogP contribution in [0.5, 0.6) is 0 Å². The average molecular weight is 403 g/mol. The number of hydrogen-bond acceptors (Lipinski definition) is 4. The molecule has 1 aromatic carbocycles. The van der Waals surface area contributed by atoms with Crippen molar-refractivity contribution in [2.75, 3.05) is 26.3 Å². The maximum absolute atomic E-state index is 13.2. The molecular formula is C22H30N2O3S. The molecule has 0 radical (unpaired) electrons. The van der Waals surface area contributed by atoms with Crippen LogP contribution in [0.3, 0.4) is 0 Å². The van der Waals surface area contributed by atoms with E-state index in [1.165, 1.54) is 6.42 Å². The number of ether oxygens (including phenoxy) is 1. The molecule has 1 saturated heterocycles. The number of amides is 2. The first-order chi connectivity index (χ1) is 13.7. The van der Waals surface area contributed by atoms with E-state index in [0.717, 1.165) is 36.2 Å². The van der Waals surface area contributed by atoms with Gasteiger partial charge in [0.05, 0.1) is 4.91 Å². The summed E-state index contributed by atoms with van der Waals surface area (Å²) in [6, 6.07) is 10.1. The van der Waals surface area contributed by atoms with E-state index < -0.39 is 0 Å². The van der Waals surface area contributed by atoms with Crippen LogP contribution in [-0.4, -0.2) is 54.3 Å². The number of hydrogen-bond donors (Lipinski definition) is 1. The second kappa shape index (κ2) is 10.7. The van der Waals surface area contributed by atoms with Gasteiger partial charge in [0.1, 0.15) is 6.54 Å². The highest BCUT2D eigenvalue weighted by Gasteiger charge is 2.41. The Balaban J connectivity index is 1.67. The van der Waals surface area contributed by atoms with Gasteiger partial charge in [0.25, 0.3) is 5.91 Å². The lowest BCUT2D eigenvalue weighted by molar-refractivity contribution is -0.135. The summed E-state index contributed by atoms with van der Waals surface area (Å²) < 4.78 is 5.30. The highest BCUT2D eigenvalue weighted by Crippen LogP contribution is 2.42. The molecule has 1 N–H and O–H groups in total. The van der Waals surface area contributed by atoms with Gasteiger partial charge in [0.15, 0.2) is 0 Å². The molecule has 3 rings (SSSR count). The van der Waals surface area contributed by atoms with E-state index in [2.05, 4.69) is 5.32 Å². The van der Waals surface area contributed by atoms with Crippen LogP contribution in [0.15, 0.2) is 35.2 Å². The van der Waals surface area contributed by atoms with Crippen LogP contribution in [0.4, 0.5) is 0 Å². The Labute approximate surface area is 171 Å². The number of benzene rings is 1. The van der Waals surface area contributed by atoms with Crippen molar-refractivity contribution >= 4 is 29.7 Å². The van der Waals surface area contributed by atoms with E-state index in [9.17, 15) is 9.59 Å². The molecule has 5 nitrogen and oxygen atoms in total. The Hall–Kier alpha value is -1.79. The fraction of sp³-hybridized carbons (Fsp3) is 0.545. The van der Waals surface area contributed by atoms with Crippen molar-refractivity contribution < 1.29 is 14.3 Å². The average Bonchev–Trinajstić information content (AvgIpc) is 2.71. The van der Waals surface area contributed by atoms with Crippen LogP contribution in [0.1, 0.15) is 44.6 Å². The molecule has 1 aromatic rings. The minimum absolute atomic E-state index is 0.0125. The van der Waals surface area contributed by atoms with Crippen LogP contribution in [0, 0.1) is 0 Å². The Kier molecular flexibility index (Phi) is 7.98. The number of carbonyl (C=O) groups excluding carboxylic acids is 2. The highest BCUT2D eigenvalue weighted by molar-refractivity contribution is 8.04. The Morgan fingerprint density at radius 3 is 2.86 bits per heavy atom. The summed E-state index contributed by atoms with van der Waals surface area (Å²) >= 11 is 1.70. The third kappa shape index (κ3) is 5.61. The number of carbonyl (C=O) groups is 2. The van der Waals surface area contributed by atoms with E-state index in [4.69, 9.17) is 4.74 Å². The van der Waals surface area contributed by atoms with Crippen molar-refractivity contribution in [1.29, 1.82) is 0 Å². The summed E-state index contributed by atoms with van der Waals surface area (Å²) in [5, 5.41) is 3.31. The smallest absolute Gasteiger partial charge is 0.261 e. The Morgan fingerprint density at radius 2 is 2.07 bits per heavy atom. The van der Waals surface area contributed by atoms with Crippen LogP contribution in [0.25, 0.3) is 6.08 Å². The number of rotatable bonds is 8. The predicted octanol–water partition coefficient (Wildman–Crippen LogP) is 3.46. The molecule has 0 bridgehead atoms. The van der Waals surface area contributed by atoms with Gasteiger partial charge in [-0.15, -0.1) is 11.8 Å². The Bertz CT molecular complexity index is 692. The number of fused-ring (bicyclic) bond motifs is 1. The normalized spacial score (nSPS) is 23.5. The fourth-order valence-electron chi connectivity index (χ4n) is 3.82. The second-order valence-electron chi connectivity index (χ2n) is 7.26. The first-order valence-corrected chi connectivity index (χ1v) is 11.2. The molecule has 1 aliphatic carbocycles. The molecule has 2 aliphatic rings. The summed E-state index contributed by atoms with van der Waals surface area (Å²) in [4.78, 5) is 28.2. The summed E-state index contributed by atoms with van der Waals surface area (Å²) in [5.41, 5.74) is 1.02. The zero-order valence-electron chi connectivity index (χ0n) is 16.6. The van der Waals surface area contributed by atoms with Crippen LogP contribution >= 0.6 is 11.8 Å². The first kappa shape index (κ1) is 20.9. The van der Waals surface area contributed by atoms with E-state index >= 15 is 0 Å². The first-order valence-electron chi connectivity index (χ1n) is 10.3. The molecule has 2 atom stereocenters. The lowest BCUT2D eigenvalue weighted by atomic mass is 9.93. The van der Waals surface area contributed by atoms with Gasteiger partial charge >= 0.3 is 0 Å². The van der Waals surface area contributed by atoms with Gasteiger partial charge in [-0.05, 0) is 37.8 Å². The number of thioether (sulfide) groups is 1. The molecule has 1 heterocycles. The van der Waals surface area contributed by atoms with Crippen molar-refractivity contribution in [3.63, 3.8) is 0 Å². The number of nitrogens with one attached hydrogen (secondary N) is 1. The molecule has 2 amide bonds. The topological polar surface area (TPSA) is 58.6 Å². The maximum Gasteiger partial charge on any atom is 0.261 e. The molecule has 0 spiro atoms. The lowest BCUT2D eigenvalue weighted by Crippen LogP contribution is -2.54. The maximum atomic E-state index is 13.2. The van der Waals surface area contributed by atoms with Gasteiger partial charge in [0.2, 0.25) is 5.91 Å². The molecule has 0 aromatic heterocycles. The van der Waals surface area contributed by atoms with Crippen molar-refractivity contribution in [3.05, 3.63) is 40.8 Å². The molecule has 2 unspecified atom stereocenters. The summed E-state index contributed by atoms with van der Waals surface area (Å²) in [6.07, 6.45) is 7.15. The Morgan fingerprint density at radius 1 is 1.29 bits per heavy atom. The second-order valence-corrected chi connectivity index (χ2v) is 8.54. The third-order valence-electron chi connectivity index (χ3n) is 5.22. The predicted molar refractivity (Wildman–Crippen MR) is 114 cm³/mol. The van der Waals surface area contributed by atoms with Gasteiger partial charge in [-0.25, -0.2) is 0 Å². The standard InChI is InChI=1S/C22H30N2O3S/c1-2-27-14-8-13-23-21(25)16-24-18-11-6-7-12-19(18)28-20(22(24)26)15-17-9-4-3-5-10-17/h3-5,9-10,15,18-19H,2,6-8,11-14,16H2,1H3,(H,23,25)/b20-15-. The minimum atomic E-state index is -0.0832. The highest BCUT2D eigenvalue weighted by atomic mass is 32.2. The number of nitrogens with zero attached hydrogens (tertiary/aromatic N) is 1. The molecular weight excluding hydrogens is 372 g/mol. The van der Waals surface area contributed by atoms with E-state index in [1.807, 2.05) is 48.2 Å². The van der Waals surface area contributed by atoms with E-state index in [-0.39, 0.29) is 24.4 Å². The van der Waals surface area contributed by atoms with Gasteiger partial charge < -0.3 is 15.0 Å². The summed E-state index contributed by atoms with van der Waals surface area (Å²) in [5.74, 6) is -0.0957. The third-order valence-corrected chi connectivity index (χ3v) is 6.62. The molecule has 6 heteroatoms. The van der Waals surface area contributed by atoms with Crippen LogP contribution < -0.4 is 5.32 Å². The van der Waals surface area contributed by atoms with E-state index in [0.29, 0.717) is 25.0 Å². The van der Waals surface area contributed by atoms with E-state index in [1.54, 1.807) is 11.8 Å². The minimum Gasteiger partial charge on any atom is -0.382 e. The van der Waals surface area contributed by atoms with Gasteiger partial charge in [0, 0.05) is 31.1 Å². The molecule has 2 fully saturated rings. The van der Waals surface area contributed by atoms with Crippen molar-refractivity contribution in [1.82, 2.24) is 10.2 Å². The van der Waals surface area contributed by atoms with Crippen LogP contribution in [-0.2, 0) is 14.3 Å². The van der Waals surface area contributed by atoms with Crippen molar-refractivity contribution in [2.45, 2.75) is 50.3 Å². The van der Waals surface area contributed by atoms with Crippen molar-refractivity contribution in [3.8, 4) is 0 Å². The fourth-order valence-corrected chi connectivity index (χ4v) is 5.29. The van der Waals surface area contributed by atoms with Crippen LogP contribution in [0.2, 0.25) is 0 Å². The molecule has 28 heavy (non-hydrogen) atoms.